The summed E-state index contributed by atoms with van der Waals surface area (Å²) in [6.07, 6.45) is -4.38. The molecule has 0 unspecified atom stereocenters. The Morgan fingerprint density at radius 3 is 2.36 bits per heavy atom. The summed E-state index contributed by atoms with van der Waals surface area (Å²) < 4.78 is 39.4. The van der Waals surface area contributed by atoms with Crippen molar-refractivity contribution in [1.29, 1.82) is 0 Å². The first-order valence-corrected chi connectivity index (χ1v) is 7.84. The maximum absolute atomic E-state index is 12.6. The third-order valence-corrected chi connectivity index (χ3v) is 4.38. The summed E-state index contributed by atoms with van der Waals surface area (Å²) in [4.78, 5) is 12.5. The van der Waals surface area contributed by atoms with Gasteiger partial charge in [-0.1, -0.05) is 41.9 Å². The molecule has 0 saturated heterocycles. The van der Waals surface area contributed by atoms with Crippen LogP contribution in [-0.2, 0) is 19.8 Å². The van der Waals surface area contributed by atoms with E-state index in [1.54, 1.807) is 11.6 Å². The lowest BCUT2D eigenvalue weighted by atomic mass is 10.1. The lowest BCUT2D eigenvalue weighted by Gasteiger charge is -2.09. The van der Waals surface area contributed by atoms with Crippen molar-refractivity contribution < 1.29 is 18.0 Å². The zero-order valence-electron chi connectivity index (χ0n) is 13.2. The summed E-state index contributed by atoms with van der Waals surface area (Å²) in [6.45, 7) is 0.106. The van der Waals surface area contributed by atoms with Gasteiger partial charge in [0.05, 0.1) is 10.6 Å². The number of fused-ring (bicyclic) bond motifs is 1. The number of hydrogen-bond acceptors (Lipinski definition) is 1. The van der Waals surface area contributed by atoms with E-state index >= 15 is 0 Å². The normalized spacial score (nSPS) is 11.7. The second-order valence-corrected chi connectivity index (χ2v) is 5.99. The molecule has 0 radical (unpaired) electrons. The molecule has 1 aromatic heterocycles. The topological polar surface area (TPSA) is 34.0 Å². The van der Waals surface area contributed by atoms with Gasteiger partial charge in [-0.05, 0) is 23.8 Å². The van der Waals surface area contributed by atoms with Crippen molar-refractivity contribution in [2.75, 3.05) is 0 Å². The lowest BCUT2D eigenvalue weighted by Crippen LogP contribution is -2.25. The number of benzene rings is 2. The van der Waals surface area contributed by atoms with E-state index in [-0.39, 0.29) is 12.5 Å². The summed E-state index contributed by atoms with van der Waals surface area (Å²) in [7, 11) is 1.74. The molecule has 0 fully saturated rings. The minimum Gasteiger partial charge on any atom is -0.347 e. The van der Waals surface area contributed by atoms with Crippen LogP contribution in [0.1, 0.15) is 21.6 Å². The molecule has 0 aliphatic rings. The summed E-state index contributed by atoms with van der Waals surface area (Å²) >= 11 is 6.30. The van der Waals surface area contributed by atoms with Crippen molar-refractivity contribution in [2.45, 2.75) is 12.7 Å². The molecule has 0 bridgehead atoms. The number of aromatic nitrogens is 1. The van der Waals surface area contributed by atoms with Crippen LogP contribution in [0, 0.1) is 0 Å². The number of halogens is 4. The predicted molar refractivity (Wildman–Crippen MR) is 90.5 cm³/mol. The van der Waals surface area contributed by atoms with Crippen LogP contribution in [0.4, 0.5) is 13.2 Å². The Morgan fingerprint density at radius 1 is 1.12 bits per heavy atom. The van der Waals surface area contributed by atoms with Gasteiger partial charge in [-0.25, -0.2) is 0 Å². The van der Waals surface area contributed by atoms with E-state index in [2.05, 4.69) is 5.32 Å². The van der Waals surface area contributed by atoms with Crippen molar-refractivity contribution in [3.05, 3.63) is 70.4 Å². The summed E-state index contributed by atoms with van der Waals surface area (Å²) in [5.41, 5.74) is 0.984. The molecule has 1 heterocycles. The molecule has 3 aromatic rings. The van der Waals surface area contributed by atoms with Crippen LogP contribution in [0.15, 0.2) is 48.5 Å². The molecule has 130 valence electrons. The highest BCUT2D eigenvalue weighted by Gasteiger charge is 2.30. The Balaban J connectivity index is 1.77. The van der Waals surface area contributed by atoms with E-state index in [9.17, 15) is 18.0 Å². The standard InChI is InChI=1S/C18H14ClF3N2O/c1-24-14-5-3-2-4-13(14)15(19)16(24)17(25)23-10-11-6-8-12(9-7-11)18(20,21)22/h2-9H,10H2,1H3,(H,23,25). The van der Waals surface area contributed by atoms with Gasteiger partial charge in [0.2, 0.25) is 0 Å². The molecule has 25 heavy (non-hydrogen) atoms. The molecule has 1 N–H and O–H groups in total. The molecule has 2 aromatic carbocycles. The Kier molecular flexibility index (Phi) is 4.47. The third kappa shape index (κ3) is 3.35. The average molecular weight is 367 g/mol. The van der Waals surface area contributed by atoms with Crippen molar-refractivity contribution in [3.8, 4) is 0 Å². The number of aryl methyl sites for hydroxylation is 1. The molecule has 0 atom stereocenters. The van der Waals surface area contributed by atoms with Crippen LogP contribution < -0.4 is 5.32 Å². The van der Waals surface area contributed by atoms with Gasteiger partial charge in [-0.15, -0.1) is 0 Å². The van der Waals surface area contributed by atoms with Gasteiger partial charge in [0.1, 0.15) is 5.69 Å². The van der Waals surface area contributed by atoms with Gasteiger partial charge in [0.15, 0.2) is 0 Å². The first-order valence-electron chi connectivity index (χ1n) is 7.46. The lowest BCUT2D eigenvalue weighted by molar-refractivity contribution is -0.137. The van der Waals surface area contributed by atoms with Crippen molar-refractivity contribution in [3.63, 3.8) is 0 Å². The van der Waals surface area contributed by atoms with E-state index in [0.717, 1.165) is 23.0 Å². The minimum atomic E-state index is -4.38. The van der Waals surface area contributed by atoms with Crippen LogP contribution in [0.3, 0.4) is 0 Å². The molecular weight excluding hydrogens is 353 g/mol. The Hall–Kier alpha value is -2.47. The minimum absolute atomic E-state index is 0.106. The zero-order chi connectivity index (χ0) is 18.2. The first kappa shape index (κ1) is 17.4. The second kappa shape index (κ2) is 6.44. The summed E-state index contributed by atoms with van der Waals surface area (Å²) in [6, 6.07) is 12.0. The number of rotatable bonds is 3. The highest BCUT2D eigenvalue weighted by atomic mass is 35.5. The van der Waals surface area contributed by atoms with E-state index in [1.165, 1.54) is 12.1 Å². The fraction of sp³-hybridized carbons (Fsp3) is 0.167. The largest absolute Gasteiger partial charge is 0.416 e. The molecule has 7 heteroatoms. The Morgan fingerprint density at radius 2 is 1.76 bits per heavy atom. The SMILES string of the molecule is Cn1c(C(=O)NCc2ccc(C(F)(F)F)cc2)c(Cl)c2ccccc21. The zero-order valence-corrected chi connectivity index (χ0v) is 13.9. The maximum Gasteiger partial charge on any atom is 0.416 e. The fourth-order valence-corrected chi connectivity index (χ4v) is 3.05. The number of amides is 1. The number of carbonyl (C=O) groups is 1. The molecule has 1 amide bonds. The van der Waals surface area contributed by atoms with Crippen LogP contribution in [-0.4, -0.2) is 10.5 Å². The highest BCUT2D eigenvalue weighted by Crippen LogP contribution is 2.30. The molecule has 0 saturated carbocycles. The number of alkyl halides is 3. The van der Waals surface area contributed by atoms with Gasteiger partial charge in [0.25, 0.3) is 5.91 Å². The molecule has 0 aliphatic heterocycles. The smallest absolute Gasteiger partial charge is 0.347 e. The summed E-state index contributed by atoms with van der Waals surface area (Å²) in [5, 5.41) is 3.81. The Bertz CT molecular complexity index is 891. The first-order chi connectivity index (χ1) is 11.8. The van der Waals surface area contributed by atoms with Crippen molar-refractivity contribution >= 4 is 28.4 Å². The predicted octanol–water partition coefficient (Wildman–Crippen LogP) is 4.78. The second-order valence-electron chi connectivity index (χ2n) is 5.62. The molecule has 0 spiro atoms. The van der Waals surface area contributed by atoms with E-state index in [1.807, 2.05) is 24.3 Å². The number of para-hydroxylation sites is 1. The van der Waals surface area contributed by atoms with Gasteiger partial charge in [0, 0.05) is 24.5 Å². The monoisotopic (exact) mass is 366 g/mol. The van der Waals surface area contributed by atoms with E-state index < -0.39 is 11.7 Å². The van der Waals surface area contributed by atoms with Crippen molar-refractivity contribution in [2.24, 2.45) is 7.05 Å². The van der Waals surface area contributed by atoms with Crippen molar-refractivity contribution in [1.82, 2.24) is 9.88 Å². The number of carbonyl (C=O) groups excluding carboxylic acids is 1. The van der Waals surface area contributed by atoms with Gasteiger partial charge >= 0.3 is 6.18 Å². The number of nitrogens with one attached hydrogen (secondary N) is 1. The van der Waals surface area contributed by atoms with Gasteiger partial charge in [-0.3, -0.25) is 4.79 Å². The molecule has 3 nitrogen and oxygen atoms in total. The average Bonchev–Trinajstić information content (AvgIpc) is 2.84. The van der Waals surface area contributed by atoms with E-state index in [0.29, 0.717) is 16.3 Å². The molecule has 3 rings (SSSR count). The molecule has 0 aliphatic carbocycles. The van der Waals surface area contributed by atoms with Gasteiger partial charge < -0.3 is 9.88 Å². The van der Waals surface area contributed by atoms with Crippen LogP contribution in [0.5, 0.6) is 0 Å². The van der Waals surface area contributed by atoms with Crippen LogP contribution in [0.2, 0.25) is 5.02 Å². The number of hydrogen-bond donors (Lipinski definition) is 1. The highest BCUT2D eigenvalue weighted by molar-refractivity contribution is 6.38. The van der Waals surface area contributed by atoms with Gasteiger partial charge in [-0.2, -0.15) is 13.2 Å². The van der Waals surface area contributed by atoms with Crippen LogP contribution in [0.25, 0.3) is 10.9 Å². The maximum atomic E-state index is 12.6. The fourth-order valence-electron chi connectivity index (χ4n) is 2.68. The van der Waals surface area contributed by atoms with Crippen LogP contribution >= 0.6 is 11.6 Å². The quantitative estimate of drug-likeness (QED) is 0.711. The Labute approximate surface area is 147 Å². The molecular formula is C18H14ClF3N2O. The third-order valence-electron chi connectivity index (χ3n) is 3.99. The number of nitrogens with zero attached hydrogens (tertiary/aromatic N) is 1. The van der Waals surface area contributed by atoms with E-state index in [4.69, 9.17) is 11.6 Å². The summed E-state index contributed by atoms with van der Waals surface area (Å²) in [5.74, 6) is -0.386.